The Hall–Kier alpha value is -1.42. The topological polar surface area (TPSA) is 47.0 Å². The second-order valence-corrected chi connectivity index (χ2v) is 4.23. The number of hydrogen-bond acceptors (Lipinski definition) is 4. The van der Waals surface area contributed by atoms with Gasteiger partial charge >= 0.3 is 0 Å². The highest BCUT2D eigenvalue weighted by molar-refractivity contribution is 5.23. The van der Waals surface area contributed by atoms with Crippen LogP contribution in [0.5, 0.6) is 0 Å². The van der Waals surface area contributed by atoms with Crippen molar-refractivity contribution in [2.75, 3.05) is 13.2 Å². The van der Waals surface area contributed by atoms with Crippen molar-refractivity contribution in [3.8, 4) is 0 Å². The van der Waals surface area contributed by atoms with E-state index in [9.17, 15) is 0 Å². The van der Waals surface area contributed by atoms with Crippen molar-refractivity contribution >= 4 is 0 Å². The molecule has 1 aromatic rings. The van der Waals surface area contributed by atoms with Crippen LogP contribution in [0, 0.1) is 0 Å². The first kappa shape index (κ1) is 12.0. The van der Waals surface area contributed by atoms with Crippen LogP contribution in [0.4, 0.5) is 0 Å². The highest BCUT2D eigenvalue weighted by Crippen LogP contribution is 2.26. The van der Waals surface area contributed by atoms with Crippen molar-refractivity contribution in [3.63, 3.8) is 0 Å². The Morgan fingerprint density at radius 1 is 1.41 bits per heavy atom. The van der Waals surface area contributed by atoms with E-state index in [4.69, 9.17) is 4.74 Å². The van der Waals surface area contributed by atoms with Crippen molar-refractivity contribution in [2.45, 2.75) is 32.2 Å². The summed E-state index contributed by atoms with van der Waals surface area (Å²) < 4.78 is 5.42. The molecule has 1 aliphatic heterocycles. The highest BCUT2D eigenvalue weighted by atomic mass is 16.5. The minimum Gasteiger partial charge on any atom is -0.501 e. The third-order valence-corrected chi connectivity index (χ3v) is 2.85. The SMILES string of the molecule is CCCNC(C1=COCCC1)c1cncnc1. The number of rotatable bonds is 5. The third-order valence-electron chi connectivity index (χ3n) is 2.85. The molecular formula is C13H19N3O. The monoisotopic (exact) mass is 233 g/mol. The summed E-state index contributed by atoms with van der Waals surface area (Å²) in [5.74, 6) is 0. The minimum atomic E-state index is 0.191. The highest BCUT2D eigenvalue weighted by Gasteiger charge is 2.18. The average Bonchev–Trinajstić information content (AvgIpc) is 2.42. The van der Waals surface area contributed by atoms with E-state index in [0.717, 1.165) is 38.0 Å². The molecule has 1 aliphatic rings. The van der Waals surface area contributed by atoms with E-state index in [2.05, 4.69) is 22.2 Å². The molecule has 0 spiro atoms. The van der Waals surface area contributed by atoms with E-state index in [1.807, 2.05) is 18.7 Å². The molecule has 0 aromatic carbocycles. The van der Waals surface area contributed by atoms with Crippen LogP contribution < -0.4 is 5.32 Å². The molecule has 0 amide bonds. The number of hydrogen-bond donors (Lipinski definition) is 1. The fourth-order valence-corrected chi connectivity index (χ4v) is 2.01. The van der Waals surface area contributed by atoms with Gasteiger partial charge in [0, 0.05) is 18.0 Å². The van der Waals surface area contributed by atoms with Gasteiger partial charge in [0.1, 0.15) is 6.33 Å². The van der Waals surface area contributed by atoms with Crippen molar-refractivity contribution in [1.29, 1.82) is 0 Å². The lowest BCUT2D eigenvalue weighted by atomic mass is 9.97. The molecule has 1 atom stereocenters. The number of nitrogens with zero attached hydrogens (tertiary/aromatic N) is 2. The molecule has 0 aliphatic carbocycles. The zero-order valence-electron chi connectivity index (χ0n) is 10.2. The largest absolute Gasteiger partial charge is 0.501 e. The van der Waals surface area contributed by atoms with Crippen LogP contribution in [0.3, 0.4) is 0 Å². The predicted molar refractivity (Wildman–Crippen MR) is 66.3 cm³/mol. The Bertz CT molecular complexity index is 364. The molecule has 1 unspecified atom stereocenters. The van der Waals surface area contributed by atoms with Gasteiger partial charge in [0.25, 0.3) is 0 Å². The Labute approximate surface area is 102 Å². The van der Waals surface area contributed by atoms with E-state index >= 15 is 0 Å². The van der Waals surface area contributed by atoms with E-state index in [1.165, 1.54) is 5.57 Å². The number of ether oxygens (including phenoxy) is 1. The molecule has 2 rings (SSSR count). The first-order chi connectivity index (χ1) is 8.42. The van der Waals surface area contributed by atoms with Gasteiger partial charge in [0.15, 0.2) is 0 Å². The lowest BCUT2D eigenvalue weighted by Gasteiger charge is -2.24. The van der Waals surface area contributed by atoms with Crippen molar-refractivity contribution < 1.29 is 4.74 Å². The molecule has 4 nitrogen and oxygen atoms in total. The summed E-state index contributed by atoms with van der Waals surface area (Å²) in [5.41, 5.74) is 2.40. The molecule has 2 heterocycles. The molecule has 1 N–H and O–H groups in total. The van der Waals surface area contributed by atoms with Gasteiger partial charge in [0.05, 0.1) is 18.9 Å². The summed E-state index contributed by atoms with van der Waals surface area (Å²) in [4.78, 5) is 8.18. The summed E-state index contributed by atoms with van der Waals surface area (Å²) in [5, 5.41) is 3.53. The van der Waals surface area contributed by atoms with E-state index in [0.29, 0.717) is 0 Å². The maximum absolute atomic E-state index is 5.42. The molecule has 1 aromatic heterocycles. The van der Waals surface area contributed by atoms with Gasteiger partial charge in [-0.1, -0.05) is 6.92 Å². The van der Waals surface area contributed by atoms with Crippen LogP contribution in [0.2, 0.25) is 0 Å². The van der Waals surface area contributed by atoms with Crippen LogP contribution in [-0.4, -0.2) is 23.1 Å². The summed E-state index contributed by atoms with van der Waals surface area (Å²) in [6.45, 7) is 3.98. The van der Waals surface area contributed by atoms with Crippen LogP contribution in [0.1, 0.15) is 37.8 Å². The Kier molecular flexibility index (Phi) is 4.50. The molecule has 92 valence electrons. The zero-order valence-corrected chi connectivity index (χ0v) is 10.2. The van der Waals surface area contributed by atoms with Crippen LogP contribution in [0.15, 0.2) is 30.6 Å². The van der Waals surface area contributed by atoms with E-state index in [-0.39, 0.29) is 6.04 Å². The first-order valence-electron chi connectivity index (χ1n) is 6.20. The molecule has 0 fully saturated rings. The van der Waals surface area contributed by atoms with Crippen molar-refractivity contribution in [1.82, 2.24) is 15.3 Å². The Morgan fingerprint density at radius 3 is 2.88 bits per heavy atom. The predicted octanol–water partition coefficient (Wildman–Crippen LogP) is 2.21. The smallest absolute Gasteiger partial charge is 0.115 e. The fourth-order valence-electron chi connectivity index (χ4n) is 2.01. The molecule has 0 saturated carbocycles. The molecule has 17 heavy (non-hydrogen) atoms. The van der Waals surface area contributed by atoms with Gasteiger partial charge in [0.2, 0.25) is 0 Å². The Balaban J connectivity index is 2.15. The molecule has 0 radical (unpaired) electrons. The molecule has 4 heteroatoms. The molecule has 0 bridgehead atoms. The summed E-state index contributed by atoms with van der Waals surface area (Å²) in [6.07, 6.45) is 10.5. The maximum Gasteiger partial charge on any atom is 0.115 e. The average molecular weight is 233 g/mol. The van der Waals surface area contributed by atoms with E-state index in [1.54, 1.807) is 6.33 Å². The lowest BCUT2D eigenvalue weighted by Crippen LogP contribution is -2.25. The van der Waals surface area contributed by atoms with Gasteiger partial charge in [-0.3, -0.25) is 0 Å². The van der Waals surface area contributed by atoms with Crippen molar-refractivity contribution in [2.24, 2.45) is 0 Å². The van der Waals surface area contributed by atoms with Crippen molar-refractivity contribution in [3.05, 3.63) is 36.1 Å². The van der Waals surface area contributed by atoms with Crippen LogP contribution in [0.25, 0.3) is 0 Å². The zero-order chi connectivity index (χ0) is 11.9. The maximum atomic E-state index is 5.42. The van der Waals surface area contributed by atoms with Gasteiger partial charge in [-0.2, -0.15) is 0 Å². The lowest BCUT2D eigenvalue weighted by molar-refractivity contribution is 0.219. The molecular weight excluding hydrogens is 214 g/mol. The summed E-state index contributed by atoms with van der Waals surface area (Å²) in [7, 11) is 0. The van der Waals surface area contributed by atoms with Gasteiger partial charge in [-0.25, -0.2) is 9.97 Å². The second kappa shape index (κ2) is 6.35. The first-order valence-corrected chi connectivity index (χ1v) is 6.20. The second-order valence-electron chi connectivity index (χ2n) is 4.23. The Morgan fingerprint density at radius 2 is 2.24 bits per heavy atom. The normalized spacial score (nSPS) is 17.1. The van der Waals surface area contributed by atoms with Crippen LogP contribution in [-0.2, 0) is 4.74 Å². The van der Waals surface area contributed by atoms with Gasteiger partial charge < -0.3 is 10.1 Å². The molecule has 0 saturated heterocycles. The third kappa shape index (κ3) is 3.27. The van der Waals surface area contributed by atoms with Gasteiger partial charge in [-0.05, 0) is 31.4 Å². The van der Waals surface area contributed by atoms with Crippen LogP contribution >= 0.6 is 0 Å². The number of aromatic nitrogens is 2. The standard InChI is InChI=1S/C13H19N3O/c1-2-5-16-13(11-4-3-6-17-9-11)12-7-14-10-15-8-12/h7-10,13,16H,2-6H2,1H3. The van der Waals surface area contributed by atoms with E-state index < -0.39 is 0 Å². The summed E-state index contributed by atoms with van der Waals surface area (Å²) in [6, 6.07) is 0.191. The number of nitrogens with one attached hydrogen (secondary N) is 1. The summed E-state index contributed by atoms with van der Waals surface area (Å²) >= 11 is 0. The fraction of sp³-hybridized carbons (Fsp3) is 0.538. The van der Waals surface area contributed by atoms with Gasteiger partial charge in [-0.15, -0.1) is 0 Å². The quantitative estimate of drug-likeness (QED) is 0.847. The minimum absolute atomic E-state index is 0.191.